The van der Waals surface area contributed by atoms with Gasteiger partial charge in [-0.2, -0.15) is 0 Å². The summed E-state index contributed by atoms with van der Waals surface area (Å²) < 4.78 is 13.1. The molecule has 1 atom stereocenters. The number of benzene rings is 1. The van der Waals surface area contributed by atoms with E-state index in [2.05, 4.69) is 0 Å². The Kier molecular flexibility index (Phi) is 3.70. The smallest absolute Gasteiger partial charge is 0.126 e. The molecule has 0 aromatic heterocycles. The lowest BCUT2D eigenvalue weighted by Crippen LogP contribution is -2.15. The van der Waals surface area contributed by atoms with E-state index in [4.69, 9.17) is 17.3 Å². The molecule has 0 aliphatic rings. The SMILES string of the molecule is C[C@H](N)CCc1cc(Cl)ccc1F. The Bertz CT molecular complexity index is 286. The lowest BCUT2D eigenvalue weighted by atomic mass is 10.1. The van der Waals surface area contributed by atoms with Crippen molar-refractivity contribution >= 4 is 11.6 Å². The molecule has 0 spiro atoms. The summed E-state index contributed by atoms with van der Waals surface area (Å²) in [5.74, 6) is -0.204. The van der Waals surface area contributed by atoms with E-state index in [1.165, 1.54) is 6.07 Å². The van der Waals surface area contributed by atoms with Crippen molar-refractivity contribution in [3.63, 3.8) is 0 Å². The molecule has 1 aromatic carbocycles. The van der Waals surface area contributed by atoms with E-state index < -0.39 is 0 Å². The van der Waals surface area contributed by atoms with Crippen molar-refractivity contribution in [2.45, 2.75) is 25.8 Å². The average molecular weight is 202 g/mol. The highest BCUT2D eigenvalue weighted by molar-refractivity contribution is 6.30. The second kappa shape index (κ2) is 4.58. The van der Waals surface area contributed by atoms with Crippen LogP contribution in [0, 0.1) is 5.82 Å². The number of hydrogen-bond donors (Lipinski definition) is 1. The van der Waals surface area contributed by atoms with Gasteiger partial charge in [0, 0.05) is 11.1 Å². The molecule has 1 aromatic rings. The number of hydrogen-bond acceptors (Lipinski definition) is 1. The molecule has 0 aliphatic heterocycles. The number of rotatable bonds is 3. The van der Waals surface area contributed by atoms with Crippen molar-refractivity contribution in [1.29, 1.82) is 0 Å². The fourth-order valence-corrected chi connectivity index (χ4v) is 1.31. The van der Waals surface area contributed by atoms with Crippen LogP contribution in [-0.4, -0.2) is 6.04 Å². The van der Waals surface area contributed by atoms with Gasteiger partial charge < -0.3 is 5.73 Å². The Labute approximate surface area is 82.7 Å². The Morgan fingerprint density at radius 2 is 2.23 bits per heavy atom. The minimum atomic E-state index is -0.204. The second-order valence-electron chi connectivity index (χ2n) is 3.25. The van der Waals surface area contributed by atoms with Gasteiger partial charge >= 0.3 is 0 Å². The van der Waals surface area contributed by atoms with Crippen molar-refractivity contribution in [1.82, 2.24) is 0 Å². The van der Waals surface area contributed by atoms with Gasteiger partial charge in [-0.3, -0.25) is 0 Å². The van der Waals surface area contributed by atoms with Crippen LogP contribution in [0.3, 0.4) is 0 Å². The molecule has 0 bridgehead atoms. The average Bonchev–Trinajstić information content (AvgIpc) is 2.06. The van der Waals surface area contributed by atoms with Crippen LogP contribution in [0.5, 0.6) is 0 Å². The Hall–Kier alpha value is -0.600. The lowest BCUT2D eigenvalue weighted by molar-refractivity contribution is 0.590. The number of halogens is 2. The molecule has 1 nitrogen and oxygen atoms in total. The quantitative estimate of drug-likeness (QED) is 0.800. The van der Waals surface area contributed by atoms with E-state index in [1.807, 2.05) is 6.92 Å². The van der Waals surface area contributed by atoms with Crippen LogP contribution >= 0.6 is 11.6 Å². The molecule has 0 heterocycles. The molecule has 0 fully saturated rings. The van der Waals surface area contributed by atoms with E-state index in [0.29, 0.717) is 17.0 Å². The highest BCUT2D eigenvalue weighted by atomic mass is 35.5. The fraction of sp³-hybridized carbons (Fsp3) is 0.400. The zero-order chi connectivity index (χ0) is 9.84. The molecule has 3 heteroatoms. The molecule has 0 saturated carbocycles. The maximum atomic E-state index is 13.1. The third-order valence-corrected chi connectivity index (χ3v) is 2.11. The van der Waals surface area contributed by atoms with E-state index in [-0.39, 0.29) is 11.9 Å². The molecule has 13 heavy (non-hydrogen) atoms. The van der Waals surface area contributed by atoms with Gasteiger partial charge in [-0.25, -0.2) is 4.39 Å². The first-order chi connectivity index (χ1) is 6.09. The zero-order valence-electron chi connectivity index (χ0n) is 7.56. The van der Waals surface area contributed by atoms with Crippen LogP contribution in [0.25, 0.3) is 0 Å². The van der Waals surface area contributed by atoms with E-state index >= 15 is 0 Å². The minimum absolute atomic E-state index is 0.0957. The van der Waals surface area contributed by atoms with Gasteiger partial charge in [0.25, 0.3) is 0 Å². The van der Waals surface area contributed by atoms with Crippen LogP contribution in [0.1, 0.15) is 18.9 Å². The molecule has 2 N–H and O–H groups in total. The summed E-state index contributed by atoms with van der Waals surface area (Å²) in [4.78, 5) is 0. The highest BCUT2D eigenvalue weighted by Crippen LogP contribution is 2.16. The molecular weight excluding hydrogens is 189 g/mol. The predicted octanol–water partition coefficient (Wildman–Crippen LogP) is 2.76. The summed E-state index contributed by atoms with van der Waals surface area (Å²) >= 11 is 5.73. The van der Waals surface area contributed by atoms with Crippen LogP contribution in [-0.2, 0) is 6.42 Å². The number of nitrogens with two attached hydrogens (primary N) is 1. The molecule has 0 saturated heterocycles. The maximum Gasteiger partial charge on any atom is 0.126 e. The summed E-state index contributed by atoms with van der Waals surface area (Å²) in [6.07, 6.45) is 1.42. The second-order valence-corrected chi connectivity index (χ2v) is 3.69. The fourth-order valence-electron chi connectivity index (χ4n) is 1.12. The third-order valence-electron chi connectivity index (χ3n) is 1.88. The Morgan fingerprint density at radius 1 is 1.54 bits per heavy atom. The molecule has 0 aliphatic carbocycles. The van der Waals surface area contributed by atoms with Gasteiger partial charge in [0.1, 0.15) is 5.82 Å². The highest BCUT2D eigenvalue weighted by Gasteiger charge is 2.03. The van der Waals surface area contributed by atoms with E-state index in [0.717, 1.165) is 6.42 Å². The minimum Gasteiger partial charge on any atom is -0.328 e. The molecular formula is C10H13ClFN. The van der Waals surface area contributed by atoms with Gasteiger partial charge in [0.15, 0.2) is 0 Å². The van der Waals surface area contributed by atoms with Crippen LogP contribution in [0.15, 0.2) is 18.2 Å². The van der Waals surface area contributed by atoms with E-state index in [1.54, 1.807) is 12.1 Å². The van der Waals surface area contributed by atoms with Gasteiger partial charge in [-0.1, -0.05) is 11.6 Å². The molecule has 0 amide bonds. The monoisotopic (exact) mass is 201 g/mol. The van der Waals surface area contributed by atoms with Gasteiger partial charge in [0.05, 0.1) is 0 Å². The molecule has 0 unspecified atom stereocenters. The summed E-state index contributed by atoms with van der Waals surface area (Å²) in [6.45, 7) is 1.91. The van der Waals surface area contributed by atoms with Crippen molar-refractivity contribution < 1.29 is 4.39 Å². The molecule has 0 radical (unpaired) electrons. The van der Waals surface area contributed by atoms with Crippen molar-refractivity contribution in [3.05, 3.63) is 34.6 Å². The maximum absolute atomic E-state index is 13.1. The van der Waals surface area contributed by atoms with Gasteiger partial charge in [-0.15, -0.1) is 0 Å². The predicted molar refractivity (Wildman–Crippen MR) is 53.4 cm³/mol. The van der Waals surface area contributed by atoms with Crippen LogP contribution in [0.2, 0.25) is 5.02 Å². The van der Waals surface area contributed by atoms with Gasteiger partial charge in [-0.05, 0) is 43.5 Å². The zero-order valence-corrected chi connectivity index (χ0v) is 8.31. The summed E-state index contributed by atoms with van der Waals surface area (Å²) in [5, 5.41) is 0.570. The van der Waals surface area contributed by atoms with Crippen molar-refractivity contribution in [2.24, 2.45) is 5.73 Å². The third kappa shape index (κ3) is 3.33. The Morgan fingerprint density at radius 3 is 2.85 bits per heavy atom. The first-order valence-electron chi connectivity index (χ1n) is 4.29. The normalized spacial score (nSPS) is 12.9. The topological polar surface area (TPSA) is 26.0 Å². The Balaban J connectivity index is 2.70. The molecule has 72 valence electrons. The van der Waals surface area contributed by atoms with E-state index in [9.17, 15) is 4.39 Å². The van der Waals surface area contributed by atoms with Crippen molar-refractivity contribution in [3.8, 4) is 0 Å². The summed E-state index contributed by atoms with van der Waals surface area (Å²) in [7, 11) is 0. The van der Waals surface area contributed by atoms with Crippen molar-refractivity contribution in [2.75, 3.05) is 0 Å². The van der Waals surface area contributed by atoms with Gasteiger partial charge in [0.2, 0.25) is 0 Å². The lowest BCUT2D eigenvalue weighted by Gasteiger charge is -2.06. The largest absolute Gasteiger partial charge is 0.328 e. The first-order valence-corrected chi connectivity index (χ1v) is 4.67. The first kappa shape index (κ1) is 10.5. The van der Waals surface area contributed by atoms with Crippen LogP contribution in [0.4, 0.5) is 4.39 Å². The summed E-state index contributed by atoms with van der Waals surface area (Å²) in [5.41, 5.74) is 6.22. The standard InChI is InChI=1S/C10H13ClFN/c1-7(13)2-3-8-6-9(11)4-5-10(8)12/h4-7H,2-3,13H2,1H3/t7-/m0/s1. The molecule has 1 rings (SSSR count). The van der Waals surface area contributed by atoms with Crippen LogP contribution < -0.4 is 5.73 Å². The number of aryl methyl sites for hydroxylation is 1. The summed E-state index contributed by atoms with van der Waals surface area (Å²) in [6, 6.07) is 4.68.